The van der Waals surface area contributed by atoms with Crippen LogP contribution >= 0.6 is 0 Å². The SMILES string of the molecule is CCNC(=NCC(O)c1ccccc1F)N(C)Cc1ncnn1C. The van der Waals surface area contributed by atoms with Crippen LogP contribution in [0, 0.1) is 5.82 Å². The molecule has 0 spiro atoms. The van der Waals surface area contributed by atoms with Gasteiger partial charge in [0.15, 0.2) is 5.96 Å². The van der Waals surface area contributed by atoms with E-state index >= 15 is 0 Å². The van der Waals surface area contributed by atoms with E-state index in [1.807, 2.05) is 25.9 Å². The number of halogens is 1. The molecule has 2 N–H and O–H groups in total. The van der Waals surface area contributed by atoms with Crippen LogP contribution in [0.1, 0.15) is 24.4 Å². The van der Waals surface area contributed by atoms with Gasteiger partial charge in [-0.2, -0.15) is 5.10 Å². The highest BCUT2D eigenvalue weighted by atomic mass is 19.1. The molecule has 0 aliphatic rings. The van der Waals surface area contributed by atoms with Crippen molar-refractivity contribution in [3.8, 4) is 0 Å². The predicted octanol–water partition coefficient (Wildman–Crippen LogP) is 1.09. The van der Waals surface area contributed by atoms with Crippen LogP contribution in [0.15, 0.2) is 35.6 Å². The molecule has 8 heteroatoms. The summed E-state index contributed by atoms with van der Waals surface area (Å²) in [5.41, 5.74) is 0.244. The van der Waals surface area contributed by atoms with Gasteiger partial charge < -0.3 is 15.3 Å². The van der Waals surface area contributed by atoms with E-state index in [2.05, 4.69) is 20.4 Å². The molecule has 1 atom stereocenters. The van der Waals surface area contributed by atoms with Crippen molar-refractivity contribution < 1.29 is 9.50 Å². The van der Waals surface area contributed by atoms with Gasteiger partial charge in [0.1, 0.15) is 24.1 Å². The minimum atomic E-state index is -0.997. The first-order valence-electron chi connectivity index (χ1n) is 7.77. The molecule has 0 fully saturated rings. The lowest BCUT2D eigenvalue weighted by Gasteiger charge is -2.22. The molecule has 0 aliphatic carbocycles. The number of nitrogens with one attached hydrogen (secondary N) is 1. The number of rotatable bonds is 6. The molecule has 2 rings (SSSR count). The van der Waals surface area contributed by atoms with Gasteiger partial charge in [-0.25, -0.2) is 9.37 Å². The lowest BCUT2D eigenvalue weighted by atomic mass is 10.1. The van der Waals surface area contributed by atoms with Crippen molar-refractivity contribution in [1.29, 1.82) is 0 Å². The van der Waals surface area contributed by atoms with Crippen molar-refractivity contribution in [3.63, 3.8) is 0 Å². The van der Waals surface area contributed by atoms with Crippen molar-refractivity contribution in [2.75, 3.05) is 20.1 Å². The maximum Gasteiger partial charge on any atom is 0.194 e. The van der Waals surface area contributed by atoms with Crippen LogP contribution in [-0.4, -0.2) is 50.9 Å². The van der Waals surface area contributed by atoms with E-state index in [9.17, 15) is 9.50 Å². The number of aliphatic hydroxyl groups is 1. The fourth-order valence-corrected chi connectivity index (χ4v) is 2.24. The van der Waals surface area contributed by atoms with Crippen LogP contribution in [0.2, 0.25) is 0 Å². The van der Waals surface area contributed by atoms with Gasteiger partial charge in [-0.15, -0.1) is 0 Å². The van der Waals surface area contributed by atoms with Gasteiger partial charge in [-0.05, 0) is 13.0 Å². The zero-order valence-electron chi connectivity index (χ0n) is 14.1. The topological polar surface area (TPSA) is 78.6 Å². The summed E-state index contributed by atoms with van der Waals surface area (Å²) in [7, 11) is 3.69. The Morgan fingerprint density at radius 3 is 2.83 bits per heavy atom. The Morgan fingerprint density at radius 2 is 2.21 bits per heavy atom. The molecule has 1 heterocycles. The molecule has 0 amide bonds. The highest BCUT2D eigenvalue weighted by Crippen LogP contribution is 2.16. The summed E-state index contributed by atoms with van der Waals surface area (Å²) in [6.45, 7) is 3.21. The number of hydrogen-bond donors (Lipinski definition) is 2. The Bertz CT molecular complexity index is 687. The summed E-state index contributed by atoms with van der Waals surface area (Å²) < 4.78 is 15.4. The van der Waals surface area contributed by atoms with Gasteiger partial charge in [0.25, 0.3) is 0 Å². The summed E-state index contributed by atoms with van der Waals surface area (Å²) in [6, 6.07) is 6.17. The highest BCUT2D eigenvalue weighted by Gasteiger charge is 2.14. The monoisotopic (exact) mass is 334 g/mol. The molecular formula is C16H23FN6O. The number of aromatic nitrogens is 3. The van der Waals surface area contributed by atoms with E-state index < -0.39 is 11.9 Å². The van der Waals surface area contributed by atoms with Gasteiger partial charge in [-0.3, -0.25) is 9.67 Å². The maximum absolute atomic E-state index is 13.7. The second-order valence-electron chi connectivity index (χ2n) is 5.39. The van der Waals surface area contributed by atoms with Gasteiger partial charge in [0, 0.05) is 26.2 Å². The van der Waals surface area contributed by atoms with Crippen molar-refractivity contribution >= 4 is 5.96 Å². The smallest absolute Gasteiger partial charge is 0.194 e. The molecule has 2 aromatic rings. The first kappa shape index (κ1) is 17.9. The van der Waals surface area contributed by atoms with Crippen molar-refractivity contribution in [1.82, 2.24) is 25.0 Å². The second-order valence-corrected chi connectivity index (χ2v) is 5.39. The standard InChI is InChI=1S/C16H23FN6O/c1-4-18-16(22(2)10-15-20-11-21-23(15)3)19-9-14(24)12-7-5-6-8-13(12)17/h5-8,11,14,24H,4,9-10H2,1-3H3,(H,18,19). The van der Waals surface area contributed by atoms with E-state index in [1.54, 1.807) is 22.9 Å². The third kappa shape index (κ3) is 4.51. The van der Waals surface area contributed by atoms with Crippen LogP contribution in [0.25, 0.3) is 0 Å². The minimum absolute atomic E-state index is 0.0619. The zero-order chi connectivity index (χ0) is 17.5. The Kier molecular flexibility index (Phi) is 6.25. The molecule has 1 aromatic heterocycles. The highest BCUT2D eigenvalue weighted by molar-refractivity contribution is 5.79. The van der Waals surface area contributed by atoms with Crippen LogP contribution in [0.5, 0.6) is 0 Å². The number of nitrogens with zero attached hydrogens (tertiary/aromatic N) is 5. The number of aryl methyl sites for hydroxylation is 1. The largest absolute Gasteiger partial charge is 0.386 e. The number of aliphatic imine (C=N–C) groups is 1. The molecular weight excluding hydrogens is 311 g/mol. The Hall–Kier alpha value is -2.48. The van der Waals surface area contributed by atoms with Crippen molar-refractivity contribution in [2.24, 2.45) is 12.0 Å². The summed E-state index contributed by atoms with van der Waals surface area (Å²) in [5, 5.41) is 17.4. The van der Waals surface area contributed by atoms with Crippen LogP contribution in [-0.2, 0) is 13.6 Å². The third-order valence-electron chi connectivity index (χ3n) is 3.56. The third-order valence-corrected chi connectivity index (χ3v) is 3.56. The fourth-order valence-electron chi connectivity index (χ4n) is 2.24. The second kappa shape index (κ2) is 8.39. The minimum Gasteiger partial charge on any atom is -0.386 e. The molecule has 0 saturated heterocycles. The van der Waals surface area contributed by atoms with Crippen LogP contribution in [0.4, 0.5) is 4.39 Å². The van der Waals surface area contributed by atoms with Gasteiger partial charge in [0.2, 0.25) is 0 Å². The summed E-state index contributed by atoms with van der Waals surface area (Å²) >= 11 is 0. The number of aliphatic hydroxyl groups excluding tert-OH is 1. The van der Waals surface area contributed by atoms with E-state index in [1.165, 1.54) is 12.4 Å². The summed E-state index contributed by atoms with van der Waals surface area (Å²) in [5.74, 6) is 0.964. The Balaban J connectivity index is 2.07. The van der Waals surface area contributed by atoms with Crippen LogP contribution in [0.3, 0.4) is 0 Å². The maximum atomic E-state index is 13.7. The molecule has 0 aliphatic heterocycles. The normalized spacial score (nSPS) is 13.0. The Morgan fingerprint density at radius 1 is 1.46 bits per heavy atom. The van der Waals surface area contributed by atoms with E-state index in [-0.39, 0.29) is 12.1 Å². The van der Waals surface area contributed by atoms with Gasteiger partial charge in [0.05, 0.1) is 13.1 Å². The zero-order valence-corrected chi connectivity index (χ0v) is 14.1. The molecule has 1 aromatic carbocycles. The first-order valence-corrected chi connectivity index (χ1v) is 7.77. The molecule has 130 valence electrons. The predicted molar refractivity (Wildman–Crippen MR) is 89.8 cm³/mol. The van der Waals surface area contributed by atoms with Crippen LogP contribution < -0.4 is 5.32 Å². The van der Waals surface area contributed by atoms with E-state index in [0.717, 1.165) is 5.82 Å². The van der Waals surface area contributed by atoms with Gasteiger partial charge in [-0.1, -0.05) is 18.2 Å². The molecule has 1 unspecified atom stereocenters. The average Bonchev–Trinajstić information content (AvgIpc) is 2.96. The van der Waals surface area contributed by atoms with E-state index in [4.69, 9.17) is 0 Å². The quantitative estimate of drug-likeness (QED) is 0.611. The molecule has 0 radical (unpaired) electrons. The number of guanidine groups is 1. The first-order chi connectivity index (χ1) is 11.5. The lowest BCUT2D eigenvalue weighted by Crippen LogP contribution is -2.39. The molecule has 7 nitrogen and oxygen atoms in total. The lowest BCUT2D eigenvalue weighted by molar-refractivity contribution is 0.181. The summed E-state index contributed by atoms with van der Waals surface area (Å²) in [4.78, 5) is 10.5. The summed E-state index contributed by atoms with van der Waals surface area (Å²) in [6.07, 6.45) is 0.498. The number of hydrogen-bond acceptors (Lipinski definition) is 4. The van der Waals surface area contributed by atoms with Gasteiger partial charge >= 0.3 is 0 Å². The average molecular weight is 334 g/mol. The number of benzene rings is 1. The Labute approximate surface area is 140 Å². The van der Waals surface area contributed by atoms with Crippen molar-refractivity contribution in [2.45, 2.75) is 19.6 Å². The fraction of sp³-hybridized carbons (Fsp3) is 0.438. The molecule has 0 bridgehead atoms. The molecule has 0 saturated carbocycles. The van der Waals surface area contributed by atoms with E-state index in [0.29, 0.717) is 19.0 Å². The molecule has 24 heavy (non-hydrogen) atoms. The van der Waals surface area contributed by atoms with Crippen molar-refractivity contribution in [3.05, 3.63) is 47.8 Å².